The van der Waals surface area contributed by atoms with Crippen molar-refractivity contribution in [1.82, 2.24) is 0 Å². The number of unbranched alkanes of at least 4 members (excludes halogenated alkanes) is 10. The molecule has 176 valence electrons. The molecule has 1 rings (SSSR count). The summed E-state index contributed by atoms with van der Waals surface area (Å²) >= 11 is 0. The summed E-state index contributed by atoms with van der Waals surface area (Å²) in [5.41, 5.74) is 0. The molecule has 0 aromatic carbocycles. The molecule has 0 saturated heterocycles. The van der Waals surface area contributed by atoms with Crippen molar-refractivity contribution in [1.29, 1.82) is 0 Å². The topological polar surface area (TPSA) is 63.6 Å². The lowest BCUT2D eigenvalue weighted by atomic mass is 9.79. The molecular formula is C26H48O4. The van der Waals surface area contributed by atoms with Crippen LogP contribution in [0.4, 0.5) is 0 Å². The Bertz CT molecular complexity index is 462. The number of carbonyl (C=O) groups excluding carboxylic acids is 1. The van der Waals surface area contributed by atoms with Gasteiger partial charge >= 0.3 is 11.9 Å². The van der Waals surface area contributed by atoms with Crippen molar-refractivity contribution < 1.29 is 19.4 Å². The summed E-state index contributed by atoms with van der Waals surface area (Å²) in [4.78, 5) is 24.3. The predicted octanol–water partition coefficient (Wildman–Crippen LogP) is 7.54. The van der Waals surface area contributed by atoms with Crippen molar-refractivity contribution in [2.75, 3.05) is 0 Å². The van der Waals surface area contributed by atoms with Gasteiger partial charge in [-0.25, -0.2) is 0 Å². The first-order valence-corrected chi connectivity index (χ1v) is 12.9. The van der Waals surface area contributed by atoms with E-state index < -0.39 is 17.8 Å². The number of hydrogen-bond acceptors (Lipinski definition) is 3. The minimum Gasteiger partial charge on any atom is -0.481 e. The highest BCUT2D eigenvalue weighted by Crippen LogP contribution is 2.32. The van der Waals surface area contributed by atoms with Gasteiger partial charge in [-0.3, -0.25) is 9.59 Å². The molecule has 30 heavy (non-hydrogen) atoms. The van der Waals surface area contributed by atoms with E-state index in [1.54, 1.807) is 0 Å². The zero-order valence-electron chi connectivity index (χ0n) is 20.0. The van der Waals surface area contributed by atoms with E-state index in [2.05, 4.69) is 20.8 Å². The van der Waals surface area contributed by atoms with Crippen LogP contribution in [0.3, 0.4) is 0 Å². The third kappa shape index (κ3) is 10.8. The molecule has 0 amide bonds. The molecule has 0 aromatic heterocycles. The molecule has 0 aliphatic heterocycles. The van der Waals surface area contributed by atoms with Crippen LogP contribution in [0.2, 0.25) is 0 Å². The number of esters is 1. The number of ether oxygens (including phenoxy) is 1. The second-order valence-electron chi connectivity index (χ2n) is 9.52. The molecule has 0 heterocycles. The summed E-state index contributed by atoms with van der Waals surface area (Å²) in [5, 5.41) is 9.46. The third-order valence-corrected chi connectivity index (χ3v) is 7.02. The summed E-state index contributed by atoms with van der Waals surface area (Å²) in [6.07, 6.45) is 19.3. The Morgan fingerprint density at radius 3 is 1.83 bits per heavy atom. The van der Waals surface area contributed by atoms with Gasteiger partial charge in [-0.1, -0.05) is 104 Å². The Hall–Kier alpha value is -1.06. The number of carboxylic acid groups (broad SMARTS) is 1. The number of rotatable bonds is 17. The number of carboxylic acids is 1. The monoisotopic (exact) mass is 424 g/mol. The van der Waals surface area contributed by atoms with E-state index in [1.165, 1.54) is 64.2 Å². The minimum atomic E-state index is -0.845. The minimum absolute atomic E-state index is 0.0718. The van der Waals surface area contributed by atoms with Crippen LogP contribution >= 0.6 is 0 Å². The number of hydrogen-bond donors (Lipinski definition) is 1. The van der Waals surface area contributed by atoms with Gasteiger partial charge in [-0.05, 0) is 31.6 Å². The van der Waals surface area contributed by atoms with Crippen LogP contribution in [-0.2, 0) is 14.3 Å². The molecule has 0 radical (unpaired) electrons. The standard InChI is InChI=1S/C26H48O4/c1-4-6-7-8-9-10-11-12-13-14-15-20-24(21(3)5-2)30-26(29)23-19-17-16-18-22(23)25(27)28/h21-24H,4-20H2,1-3H3,(H,27,28). The average Bonchev–Trinajstić information content (AvgIpc) is 2.75. The molecule has 0 bridgehead atoms. The van der Waals surface area contributed by atoms with E-state index in [-0.39, 0.29) is 12.1 Å². The Balaban J connectivity index is 2.28. The quantitative estimate of drug-likeness (QED) is 0.193. The molecule has 4 heteroatoms. The van der Waals surface area contributed by atoms with Gasteiger partial charge in [0.2, 0.25) is 0 Å². The molecule has 1 aliphatic rings. The van der Waals surface area contributed by atoms with Gasteiger partial charge in [0.15, 0.2) is 0 Å². The van der Waals surface area contributed by atoms with Crippen LogP contribution in [0.25, 0.3) is 0 Å². The molecule has 4 nitrogen and oxygen atoms in total. The lowest BCUT2D eigenvalue weighted by Crippen LogP contribution is -2.37. The van der Waals surface area contributed by atoms with Gasteiger partial charge in [-0.15, -0.1) is 0 Å². The van der Waals surface area contributed by atoms with Crippen molar-refractivity contribution in [3.63, 3.8) is 0 Å². The second-order valence-corrected chi connectivity index (χ2v) is 9.52. The molecule has 1 fully saturated rings. The SMILES string of the molecule is CCCCCCCCCCCCCC(OC(=O)C1CCCCC1C(=O)O)C(C)CC. The fourth-order valence-corrected chi connectivity index (χ4v) is 4.68. The van der Waals surface area contributed by atoms with E-state index in [0.717, 1.165) is 32.1 Å². The summed E-state index contributed by atoms with van der Waals surface area (Å²) in [7, 11) is 0. The van der Waals surface area contributed by atoms with Crippen molar-refractivity contribution in [3.05, 3.63) is 0 Å². The summed E-state index contributed by atoms with van der Waals surface area (Å²) < 4.78 is 5.91. The summed E-state index contributed by atoms with van der Waals surface area (Å²) in [5.74, 6) is -1.81. The largest absolute Gasteiger partial charge is 0.481 e. The normalized spacial score (nSPS) is 21.2. The fourth-order valence-electron chi connectivity index (χ4n) is 4.68. The van der Waals surface area contributed by atoms with E-state index in [0.29, 0.717) is 18.8 Å². The fraction of sp³-hybridized carbons (Fsp3) is 0.923. The maximum absolute atomic E-state index is 12.8. The molecule has 1 aliphatic carbocycles. The molecular weight excluding hydrogens is 376 g/mol. The smallest absolute Gasteiger partial charge is 0.310 e. The van der Waals surface area contributed by atoms with E-state index in [1.807, 2.05) is 0 Å². The first-order valence-electron chi connectivity index (χ1n) is 12.9. The van der Waals surface area contributed by atoms with Crippen LogP contribution in [-0.4, -0.2) is 23.1 Å². The van der Waals surface area contributed by atoms with Crippen molar-refractivity contribution in [2.24, 2.45) is 17.8 Å². The van der Waals surface area contributed by atoms with Gasteiger partial charge in [0, 0.05) is 0 Å². The first kappa shape index (κ1) is 27.0. The lowest BCUT2D eigenvalue weighted by molar-refractivity contribution is -0.166. The maximum atomic E-state index is 12.8. The Kier molecular flexibility index (Phi) is 14.9. The van der Waals surface area contributed by atoms with Crippen LogP contribution in [0, 0.1) is 17.8 Å². The van der Waals surface area contributed by atoms with Crippen molar-refractivity contribution in [3.8, 4) is 0 Å². The predicted molar refractivity (Wildman–Crippen MR) is 123 cm³/mol. The zero-order valence-corrected chi connectivity index (χ0v) is 20.0. The Labute approximate surface area is 185 Å². The molecule has 4 atom stereocenters. The van der Waals surface area contributed by atoms with Crippen LogP contribution in [0.5, 0.6) is 0 Å². The highest BCUT2D eigenvalue weighted by Gasteiger charge is 2.38. The maximum Gasteiger partial charge on any atom is 0.310 e. The molecule has 0 spiro atoms. The number of carbonyl (C=O) groups is 2. The second kappa shape index (κ2) is 16.6. The van der Waals surface area contributed by atoms with Gasteiger partial charge in [0.1, 0.15) is 6.10 Å². The van der Waals surface area contributed by atoms with Crippen molar-refractivity contribution >= 4 is 11.9 Å². The Morgan fingerprint density at radius 2 is 1.33 bits per heavy atom. The van der Waals surface area contributed by atoms with E-state index >= 15 is 0 Å². The zero-order chi connectivity index (χ0) is 22.2. The molecule has 1 saturated carbocycles. The molecule has 1 N–H and O–H groups in total. The third-order valence-electron chi connectivity index (χ3n) is 7.02. The van der Waals surface area contributed by atoms with E-state index in [4.69, 9.17) is 4.74 Å². The van der Waals surface area contributed by atoms with Gasteiger partial charge < -0.3 is 9.84 Å². The lowest BCUT2D eigenvalue weighted by Gasteiger charge is -2.30. The highest BCUT2D eigenvalue weighted by molar-refractivity contribution is 5.81. The summed E-state index contributed by atoms with van der Waals surface area (Å²) in [6, 6.07) is 0. The van der Waals surface area contributed by atoms with Crippen LogP contribution in [0.1, 0.15) is 130 Å². The number of aliphatic carboxylic acids is 1. The van der Waals surface area contributed by atoms with Gasteiger partial charge in [0.25, 0.3) is 0 Å². The molecule has 0 aromatic rings. The van der Waals surface area contributed by atoms with E-state index in [9.17, 15) is 14.7 Å². The van der Waals surface area contributed by atoms with Crippen molar-refractivity contribution in [2.45, 2.75) is 136 Å². The van der Waals surface area contributed by atoms with Crippen LogP contribution in [0.15, 0.2) is 0 Å². The van der Waals surface area contributed by atoms with Gasteiger partial charge in [0.05, 0.1) is 11.8 Å². The Morgan fingerprint density at radius 1 is 0.833 bits per heavy atom. The highest BCUT2D eigenvalue weighted by atomic mass is 16.5. The first-order chi connectivity index (χ1) is 14.5. The summed E-state index contributed by atoms with van der Waals surface area (Å²) in [6.45, 7) is 6.54. The van der Waals surface area contributed by atoms with Gasteiger partial charge in [-0.2, -0.15) is 0 Å². The van der Waals surface area contributed by atoms with Crippen LogP contribution < -0.4 is 0 Å². The average molecular weight is 425 g/mol. The molecule has 4 unspecified atom stereocenters.